The lowest BCUT2D eigenvalue weighted by molar-refractivity contribution is 0.869. The largest absolute Gasteiger partial charge is 0.355 e. The Morgan fingerprint density at radius 1 is 0.556 bits per heavy atom. The smallest absolute Gasteiger partial charge is 0.114 e. The van der Waals surface area contributed by atoms with Gasteiger partial charge in [-0.3, -0.25) is 0 Å². The maximum absolute atomic E-state index is 6.58. The molecule has 0 aliphatic carbocycles. The van der Waals surface area contributed by atoms with Gasteiger partial charge in [0.05, 0.1) is 0 Å². The molecule has 0 unspecified atom stereocenters. The SMILES string of the molecule is [3H]B(C)C.c1ccc(Cn2c3ccccc3c3ccccc32)cc1.c1ccc2c(c1)[nH]c1ccccc12. The molecule has 0 fully saturated rings. The minimum absolute atomic E-state index is 0.0833. The quantitative estimate of drug-likeness (QED) is 0.245. The third-order valence-corrected chi connectivity index (χ3v) is 6.28. The van der Waals surface area contributed by atoms with Crippen LogP contribution in [0.5, 0.6) is 0 Å². The normalized spacial score (nSPS) is 11.0. The summed E-state index contributed by atoms with van der Waals surface area (Å²) in [5.74, 6) is 0. The first-order valence-corrected chi connectivity index (χ1v) is 12.5. The van der Waals surface area contributed by atoms with E-state index < -0.39 is 0 Å². The van der Waals surface area contributed by atoms with Gasteiger partial charge in [-0.05, 0) is 31.2 Å². The lowest BCUT2D eigenvalue weighted by Crippen LogP contribution is -1.98. The number of hydrogen-bond acceptors (Lipinski definition) is 0. The molecule has 0 aliphatic rings. The van der Waals surface area contributed by atoms with Crippen molar-refractivity contribution in [3.05, 3.63) is 133 Å². The Bertz CT molecular complexity index is 1640. The van der Waals surface area contributed by atoms with Gasteiger partial charge in [-0.25, -0.2) is 0 Å². The molecule has 7 rings (SSSR count). The molecule has 2 heterocycles. The topological polar surface area (TPSA) is 20.7 Å². The van der Waals surface area contributed by atoms with Gasteiger partial charge in [0.2, 0.25) is 0 Å². The van der Waals surface area contributed by atoms with Crippen molar-refractivity contribution < 1.29 is 0 Å². The summed E-state index contributed by atoms with van der Waals surface area (Å²) in [7, 11) is 0.0833. The maximum Gasteiger partial charge on any atom is 0.114 e. The van der Waals surface area contributed by atoms with Gasteiger partial charge < -0.3 is 9.55 Å². The van der Waals surface area contributed by atoms with Crippen LogP contribution in [0.3, 0.4) is 0 Å². The number of nitrogens with one attached hydrogen (secondary N) is 1. The Kier molecular flexibility index (Phi) is 6.80. The van der Waals surface area contributed by atoms with E-state index in [1.807, 2.05) is 13.6 Å². The van der Waals surface area contributed by atoms with Crippen molar-refractivity contribution in [1.82, 2.24) is 9.55 Å². The Balaban J connectivity index is 0.000000141. The first-order valence-electron chi connectivity index (χ1n) is 13.1. The van der Waals surface area contributed by atoms with Gasteiger partial charge in [0.25, 0.3) is 0 Å². The number of aromatic nitrogens is 2. The van der Waals surface area contributed by atoms with Crippen molar-refractivity contribution in [2.45, 2.75) is 20.2 Å². The lowest BCUT2D eigenvalue weighted by atomic mass is 9.88. The van der Waals surface area contributed by atoms with Crippen LogP contribution >= 0.6 is 0 Å². The number of rotatable bonds is 2. The summed E-state index contributed by atoms with van der Waals surface area (Å²) < 4.78 is 8.99. The Morgan fingerprint density at radius 2 is 0.944 bits per heavy atom. The summed E-state index contributed by atoms with van der Waals surface area (Å²) in [6.45, 7) is 4.58. The van der Waals surface area contributed by atoms with Gasteiger partial charge in [-0.15, -0.1) is 0 Å². The van der Waals surface area contributed by atoms with Crippen molar-refractivity contribution in [1.29, 1.82) is 1.34 Å². The summed E-state index contributed by atoms with van der Waals surface area (Å²) in [5, 5.41) is 5.27. The lowest BCUT2D eigenvalue weighted by Gasteiger charge is -2.07. The number of H-pyrrole nitrogens is 1. The molecule has 0 aliphatic heterocycles. The van der Waals surface area contributed by atoms with E-state index in [9.17, 15) is 0 Å². The summed E-state index contributed by atoms with van der Waals surface area (Å²) in [5.41, 5.74) is 6.36. The highest BCUT2D eigenvalue weighted by atomic mass is 15.0. The predicted octanol–water partition coefficient (Wildman–Crippen LogP) is 8.68. The molecule has 0 saturated heterocycles. The molecule has 0 saturated carbocycles. The van der Waals surface area contributed by atoms with Crippen LogP contribution < -0.4 is 0 Å². The summed E-state index contributed by atoms with van der Waals surface area (Å²) in [4.78, 5) is 3.38. The number of benzene rings is 5. The van der Waals surface area contributed by atoms with Crippen LogP contribution in [-0.4, -0.2) is 18.1 Å². The first kappa shape index (κ1) is 22.2. The molecule has 1 N–H and O–H groups in total. The molecule has 7 aromatic rings. The molecule has 0 bridgehead atoms. The van der Waals surface area contributed by atoms with E-state index in [-0.39, 0.29) is 7.24 Å². The van der Waals surface area contributed by atoms with Gasteiger partial charge in [-0.1, -0.05) is 117 Å². The van der Waals surface area contributed by atoms with Crippen LogP contribution in [0.15, 0.2) is 127 Å². The molecule has 2 aromatic heterocycles. The number of fused-ring (bicyclic) bond motifs is 6. The second-order valence-corrected chi connectivity index (χ2v) is 8.90. The van der Waals surface area contributed by atoms with Gasteiger partial charge in [0.1, 0.15) is 7.24 Å². The van der Waals surface area contributed by atoms with Crippen LogP contribution in [0, 0.1) is 0 Å². The van der Waals surface area contributed by atoms with E-state index in [0.717, 1.165) is 6.54 Å². The summed E-state index contributed by atoms with van der Waals surface area (Å²) in [6.07, 6.45) is 0. The van der Waals surface area contributed by atoms with E-state index in [1.165, 1.54) is 49.2 Å². The molecule has 0 atom stereocenters. The average molecular weight is 468 g/mol. The highest BCUT2D eigenvalue weighted by Crippen LogP contribution is 2.29. The van der Waals surface area contributed by atoms with Gasteiger partial charge in [0.15, 0.2) is 0 Å². The Morgan fingerprint density at radius 3 is 1.44 bits per heavy atom. The number of aromatic amines is 1. The third-order valence-electron chi connectivity index (χ3n) is 6.28. The van der Waals surface area contributed by atoms with Gasteiger partial charge in [-0.2, -0.15) is 0 Å². The van der Waals surface area contributed by atoms with Crippen LogP contribution in [0.4, 0.5) is 0 Å². The van der Waals surface area contributed by atoms with Crippen molar-refractivity contribution in [2.24, 2.45) is 0 Å². The van der Waals surface area contributed by atoms with Crippen LogP contribution in [-0.2, 0) is 6.54 Å². The molecule has 3 heteroatoms. The number of nitrogens with zero attached hydrogens (tertiary/aromatic N) is 1. The van der Waals surface area contributed by atoms with E-state index in [1.54, 1.807) is 0 Å². The van der Waals surface area contributed by atoms with Gasteiger partial charge in [0, 0.05) is 50.2 Å². The maximum atomic E-state index is 6.58. The zero-order valence-corrected chi connectivity index (χ0v) is 20.9. The second kappa shape index (κ2) is 11.0. The average Bonchev–Trinajstić information content (AvgIpc) is 3.46. The number of para-hydroxylation sites is 4. The minimum atomic E-state index is 0.0833. The number of hydrogen-bond donors (Lipinski definition) is 1. The Labute approximate surface area is 214 Å². The minimum Gasteiger partial charge on any atom is -0.355 e. The molecule has 0 spiro atoms. The van der Waals surface area contributed by atoms with E-state index >= 15 is 0 Å². The Hall–Kier alpha value is -4.24. The molecule has 0 radical (unpaired) electrons. The van der Waals surface area contributed by atoms with Crippen LogP contribution in [0.2, 0.25) is 13.6 Å². The third kappa shape index (κ3) is 4.78. The van der Waals surface area contributed by atoms with Gasteiger partial charge >= 0.3 is 0 Å². The van der Waals surface area contributed by atoms with Crippen LogP contribution in [0.1, 0.15) is 5.56 Å². The summed E-state index contributed by atoms with van der Waals surface area (Å²) >= 11 is 0. The molecular weight excluding hydrogens is 435 g/mol. The van der Waals surface area contributed by atoms with Crippen molar-refractivity contribution >= 4 is 50.9 Å². The van der Waals surface area contributed by atoms with Crippen molar-refractivity contribution in [3.8, 4) is 0 Å². The molecule has 2 nitrogen and oxygen atoms in total. The van der Waals surface area contributed by atoms with Crippen molar-refractivity contribution in [3.63, 3.8) is 0 Å². The molecule has 0 amide bonds. The fraction of sp³-hybridized carbons (Fsp3) is 0.0909. The fourth-order valence-corrected chi connectivity index (χ4v) is 4.74. The van der Waals surface area contributed by atoms with Crippen molar-refractivity contribution in [2.75, 3.05) is 0 Å². The monoisotopic (exact) mass is 468 g/mol. The highest BCUT2D eigenvalue weighted by Gasteiger charge is 2.09. The van der Waals surface area contributed by atoms with E-state index in [0.29, 0.717) is 0 Å². The van der Waals surface area contributed by atoms with Crippen LogP contribution in [0.25, 0.3) is 43.6 Å². The highest BCUT2D eigenvalue weighted by molar-refractivity contribution is 6.31. The zero-order chi connectivity index (χ0) is 25.6. The fourth-order valence-electron chi connectivity index (χ4n) is 4.74. The standard InChI is InChI=1S/C19H15N.C12H9N.C2H7B/c1-2-8-15(9-3-1)14-20-18-12-6-4-10-16(18)17-11-5-7-13-19(17)20;1-3-7-11-9(5-1)10-6-2-4-8-12(10)13-11;1-3-2/h1-13H,14H2;1-8,13H;3H,1-2H3/i;;3T. The zero-order valence-electron chi connectivity index (χ0n) is 21.9. The first-order chi connectivity index (χ1) is 18.1. The molecular formula is C33H31BN2. The summed E-state index contributed by atoms with van der Waals surface area (Å²) in [6, 6.07) is 44.7. The predicted molar refractivity (Wildman–Crippen MR) is 160 cm³/mol. The molecule has 5 aromatic carbocycles. The molecule has 36 heavy (non-hydrogen) atoms. The van der Waals surface area contributed by atoms with E-state index in [2.05, 4.69) is 137 Å². The van der Waals surface area contributed by atoms with E-state index in [4.69, 9.17) is 1.34 Å². The molecule has 176 valence electrons. The second-order valence-electron chi connectivity index (χ2n) is 8.90.